The first kappa shape index (κ1) is 30.1. The zero-order valence-corrected chi connectivity index (χ0v) is 21.3. The van der Waals surface area contributed by atoms with Crippen molar-refractivity contribution in [2.45, 2.75) is 58.7 Å². The molecule has 2 amide bonds. The van der Waals surface area contributed by atoms with Gasteiger partial charge in [-0.25, -0.2) is 10.3 Å². The Bertz CT molecular complexity index is 1110. The summed E-state index contributed by atoms with van der Waals surface area (Å²) in [5, 5.41) is 19.2. The molecule has 4 N–H and O–H groups in total. The molecule has 0 aliphatic rings. The number of amides is 2. The summed E-state index contributed by atoms with van der Waals surface area (Å²) >= 11 is 0. The molecule has 15 heteroatoms. The van der Waals surface area contributed by atoms with Crippen LogP contribution in [0.3, 0.4) is 0 Å². The van der Waals surface area contributed by atoms with Gasteiger partial charge in [-0.1, -0.05) is 17.3 Å². The molecule has 0 atom stereocenters. The number of aryl methyl sites for hydroxylation is 1. The van der Waals surface area contributed by atoms with Crippen molar-refractivity contribution in [2.75, 3.05) is 13.1 Å². The van der Waals surface area contributed by atoms with Crippen molar-refractivity contribution in [3.63, 3.8) is 0 Å². The third kappa shape index (κ3) is 12.2. The van der Waals surface area contributed by atoms with Crippen LogP contribution in [-0.4, -0.2) is 52.0 Å². The highest BCUT2D eigenvalue weighted by molar-refractivity contribution is 5.91. The molecule has 0 spiro atoms. The van der Waals surface area contributed by atoms with E-state index in [0.717, 1.165) is 6.42 Å². The first-order valence-electron chi connectivity index (χ1n) is 11.6. The van der Waals surface area contributed by atoms with Crippen LogP contribution in [0.25, 0.3) is 0 Å². The van der Waals surface area contributed by atoms with Crippen LogP contribution < -0.4 is 20.7 Å². The highest BCUT2D eigenvalue weighted by Crippen LogP contribution is 2.23. The van der Waals surface area contributed by atoms with Gasteiger partial charge in [0.05, 0.1) is 18.4 Å². The Labute approximate surface area is 217 Å². The normalized spacial score (nSPS) is 12.0. The number of carbonyl (C=O) groups is 2. The number of ether oxygens (including phenoxy) is 2. The summed E-state index contributed by atoms with van der Waals surface area (Å²) < 4.78 is 47.6. The molecule has 0 aliphatic heterocycles. The van der Waals surface area contributed by atoms with Crippen LogP contribution in [0.4, 0.5) is 18.0 Å². The molecular formula is C23H31F3N8O4. The molecular weight excluding hydrogens is 509 g/mol. The molecule has 1 aromatic heterocycles. The number of alkyl carbamates (subject to hydrolysis) is 1. The van der Waals surface area contributed by atoms with E-state index in [1.54, 1.807) is 26.8 Å². The molecule has 1 heterocycles. The topological polar surface area (TPSA) is 156 Å². The number of unbranched alkanes of at least 4 members (excludes halogenated alkanes) is 1. The molecule has 38 heavy (non-hydrogen) atoms. The minimum Gasteiger partial charge on any atom is -0.444 e. The smallest absolute Gasteiger partial charge is 0.444 e. The Morgan fingerprint density at radius 1 is 1.18 bits per heavy atom. The zero-order valence-electron chi connectivity index (χ0n) is 21.3. The number of benzene rings is 1. The minimum absolute atomic E-state index is 0.0141. The van der Waals surface area contributed by atoms with Crippen LogP contribution in [0, 0.1) is 5.53 Å². The Morgan fingerprint density at radius 2 is 1.95 bits per heavy atom. The van der Waals surface area contributed by atoms with Gasteiger partial charge in [0.2, 0.25) is 0 Å². The lowest BCUT2D eigenvalue weighted by atomic mass is 10.2. The second-order valence-electron chi connectivity index (χ2n) is 9.01. The summed E-state index contributed by atoms with van der Waals surface area (Å²) in [6.45, 7) is 6.35. The van der Waals surface area contributed by atoms with E-state index in [0.29, 0.717) is 30.8 Å². The van der Waals surface area contributed by atoms with E-state index in [1.165, 1.54) is 35.3 Å². The van der Waals surface area contributed by atoms with Crippen molar-refractivity contribution < 1.29 is 32.2 Å². The lowest BCUT2D eigenvalue weighted by Crippen LogP contribution is -2.33. The van der Waals surface area contributed by atoms with Gasteiger partial charge in [-0.3, -0.25) is 9.48 Å². The number of nitrogens with zero attached hydrogens (tertiary/aromatic N) is 4. The van der Waals surface area contributed by atoms with Crippen LogP contribution in [0.1, 0.15) is 49.7 Å². The lowest BCUT2D eigenvalue weighted by Gasteiger charge is -2.19. The van der Waals surface area contributed by atoms with E-state index in [9.17, 15) is 22.8 Å². The summed E-state index contributed by atoms with van der Waals surface area (Å²) in [7, 11) is 0. The van der Waals surface area contributed by atoms with Gasteiger partial charge in [0.15, 0.2) is 5.69 Å². The second-order valence-corrected chi connectivity index (χ2v) is 9.01. The predicted octanol–water partition coefficient (Wildman–Crippen LogP) is 3.87. The average molecular weight is 541 g/mol. The molecule has 0 fully saturated rings. The van der Waals surface area contributed by atoms with Crippen LogP contribution in [0.5, 0.6) is 5.75 Å². The zero-order chi connectivity index (χ0) is 28.2. The number of hydrogen-bond donors (Lipinski definition) is 4. The van der Waals surface area contributed by atoms with Crippen LogP contribution in [0.2, 0.25) is 0 Å². The summed E-state index contributed by atoms with van der Waals surface area (Å²) in [4.78, 5) is 24.0. The highest BCUT2D eigenvalue weighted by atomic mass is 19.4. The average Bonchev–Trinajstić information content (AvgIpc) is 3.28. The van der Waals surface area contributed by atoms with Gasteiger partial charge in [-0.05, 0) is 51.3 Å². The van der Waals surface area contributed by atoms with E-state index < -0.39 is 24.0 Å². The quantitative estimate of drug-likeness (QED) is 0.222. The molecule has 0 radical (unpaired) electrons. The molecule has 0 aliphatic carbocycles. The fourth-order valence-corrected chi connectivity index (χ4v) is 2.93. The summed E-state index contributed by atoms with van der Waals surface area (Å²) in [6, 6.07) is 5.31. The van der Waals surface area contributed by atoms with E-state index in [4.69, 9.17) is 10.3 Å². The van der Waals surface area contributed by atoms with Crippen LogP contribution in [-0.2, 0) is 17.8 Å². The molecule has 2 rings (SSSR count). The SMILES string of the molecule is CC(C)(C)OC(=O)NC/C(=C/NCCCCn1cc(C(=O)NCc2cccc(OC(F)(F)F)c2)nn1)N=N. The fraction of sp³-hybridized carbons (Fsp3) is 0.478. The standard InChI is InChI=1S/C23H31F3N8O4/c1-22(2,3)38-21(36)30-14-17(31-27)13-28-9-4-5-10-34-15-19(32-33-34)20(35)29-12-16-7-6-8-18(11-16)37-23(24,25)26/h6-8,11,13,15,27-28H,4-5,9-10,12,14H2,1-3H3,(H,29,35)(H,30,36)/b17-13-,31-27?. The molecule has 208 valence electrons. The Balaban J connectivity index is 1.69. The second kappa shape index (κ2) is 13.9. The maximum Gasteiger partial charge on any atom is 0.573 e. The predicted molar refractivity (Wildman–Crippen MR) is 129 cm³/mol. The van der Waals surface area contributed by atoms with Gasteiger partial charge in [0, 0.05) is 25.8 Å². The third-order valence-electron chi connectivity index (χ3n) is 4.54. The van der Waals surface area contributed by atoms with Crippen molar-refractivity contribution in [3.8, 4) is 5.75 Å². The minimum atomic E-state index is -4.80. The molecule has 0 saturated carbocycles. The first-order chi connectivity index (χ1) is 17.8. The van der Waals surface area contributed by atoms with Crippen molar-refractivity contribution >= 4 is 12.0 Å². The first-order valence-corrected chi connectivity index (χ1v) is 11.6. The third-order valence-corrected chi connectivity index (χ3v) is 4.54. The van der Waals surface area contributed by atoms with Crippen molar-refractivity contribution in [1.82, 2.24) is 30.9 Å². The number of halogens is 3. The Morgan fingerprint density at radius 3 is 2.63 bits per heavy atom. The molecule has 12 nitrogen and oxygen atoms in total. The van der Waals surface area contributed by atoms with Gasteiger partial charge < -0.3 is 25.4 Å². The monoisotopic (exact) mass is 540 g/mol. The van der Waals surface area contributed by atoms with E-state index in [1.807, 2.05) is 0 Å². The largest absolute Gasteiger partial charge is 0.573 e. The van der Waals surface area contributed by atoms with Gasteiger partial charge in [0.25, 0.3) is 5.91 Å². The van der Waals surface area contributed by atoms with Gasteiger partial charge in [-0.2, -0.15) is 5.11 Å². The number of rotatable bonds is 13. The molecule has 2 aromatic rings. The molecule has 0 saturated heterocycles. The number of nitrogens with one attached hydrogen (secondary N) is 4. The molecule has 1 aromatic carbocycles. The maximum atomic E-state index is 12.4. The molecule has 0 unspecified atom stereocenters. The van der Waals surface area contributed by atoms with Crippen molar-refractivity contribution in [2.24, 2.45) is 5.11 Å². The van der Waals surface area contributed by atoms with Gasteiger partial charge >= 0.3 is 12.5 Å². The number of hydrogen-bond acceptors (Lipinski definition) is 9. The number of aromatic nitrogens is 3. The van der Waals surface area contributed by atoms with E-state index in [-0.39, 0.29) is 24.5 Å². The summed E-state index contributed by atoms with van der Waals surface area (Å²) in [6.07, 6.45) is -0.940. The van der Waals surface area contributed by atoms with Gasteiger partial charge in [-0.15, -0.1) is 18.3 Å². The summed E-state index contributed by atoms with van der Waals surface area (Å²) in [5.41, 5.74) is 7.40. The Hall–Kier alpha value is -4.17. The fourth-order valence-electron chi connectivity index (χ4n) is 2.93. The van der Waals surface area contributed by atoms with Crippen molar-refractivity contribution in [3.05, 3.63) is 53.6 Å². The maximum absolute atomic E-state index is 12.4. The summed E-state index contributed by atoms with van der Waals surface area (Å²) in [5.74, 6) is -0.889. The lowest BCUT2D eigenvalue weighted by molar-refractivity contribution is -0.274. The number of alkyl halides is 3. The van der Waals surface area contributed by atoms with E-state index in [2.05, 4.69) is 36.1 Å². The number of carbonyl (C=O) groups excluding carboxylic acids is 2. The van der Waals surface area contributed by atoms with Crippen LogP contribution in [0.15, 0.2) is 47.5 Å². The van der Waals surface area contributed by atoms with E-state index >= 15 is 0 Å². The highest BCUT2D eigenvalue weighted by Gasteiger charge is 2.31. The van der Waals surface area contributed by atoms with Crippen molar-refractivity contribution in [1.29, 1.82) is 5.53 Å². The Kier molecular flexibility index (Phi) is 11.0. The molecule has 0 bridgehead atoms. The van der Waals surface area contributed by atoms with Gasteiger partial charge in [0.1, 0.15) is 11.4 Å². The van der Waals surface area contributed by atoms with Crippen LogP contribution >= 0.6 is 0 Å².